The summed E-state index contributed by atoms with van der Waals surface area (Å²) in [5, 5.41) is 9.44. The van der Waals surface area contributed by atoms with Gasteiger partial charge in [-0.2, -0.15) is 0 Å². The number of likely N-dealkylation sites (N-methyl/N-ethyl adjacent to an activating group) is 1. The molecule has 1 aromatic heterocycles. The van der Waals surface area contributed by atoms with Crippen LogP contribution in [0.5, 0.6) is 0 Å². The van der Waals surface area contributed by atoms with E-state index in [0.717, 1.165) is 40.6 Å². The van der Waals surface area contributed by atoms with Crippen molar-refractivity contribution in [2.75, 3.05) is 29.6 Å². The predicted octanol–water partition coefficient (Wildman–Crippen LogP) is 4.74. The minimum atomic E-state index is -0.132. The molecule has 4 rings (SSSR count). The van der Waals surface area contributed by atoms with E-state index in [1.165, 1.54) is 11.3 Å². The van der Waals surface area contributed by atoms with Crippen molar-refractivity contribution >= 4 is 34.5 Å². The molecule has 0 aliphatic carbocycles. The summed E-state index contributed by atoms with van der Waals surface area (Å²) in [6, 6.07) is 15.7. The van der Waals surface area contributed by atoms with Crippen molar-refractivity contribution in [3.8, 4) is 0 Å². The van der Waals surface area contributed by atoms with Crippen molar-refractivity contribution in [1.82, 2.24) is 10.3 Å². The number of allylic oxidation sites excluding steroid dienone is 1. The van der Waals surface area contributed by atoms with E-state index in [2.05, 4.69) is 44.5 Å². The Balaban J connectivity index is 1.59. The molecule has 0 atom stereocenters. The summed E-state index contributed by atoms with van der Waals surface area (Å²) in [6.07, 6.45) is 2.67. The van der Waals surface area contributed by atoms with Gasteiger partial charge in [0.2, 0.25) is 0 Å². The van der Waals surface area contributed by atoms with Crippen molar-refractivity contribution in [2.45, 2.75) is 13.3 Å². The molecule has 0 unspecified atom stereocenters. The van der Waals surface area contributed by atoms with Crippen LogP contribution >= 0.6 is 0 Å². The van der Waals surface area contributed by atoms with Gasteiger partial charge in [0.1, 0.15) is 5.82 Å². The van der Waals surface area contributed by atoms with Crippen molar-refractivity contribution in [3.63, 3.8) is 0 Å². The SMILES string of the molecule is C=C1Cc2cc(Nc3cc(Nc4ccccc4C(=O)NC)c(C)cn3)ccc2N1C. The number of carbonyl (C=O) groups excluding carboxylic acids is 1. The van der Waals surface area contributed by atoms with E-state index in [0.29, 0.717) is 5.56 Å². The van der Waals surface area contributed by atoms with E-state index in [4.69, 9.17) is 0 Å². The highest BCUT2D eigenvalue weighted by Crippen LogP contribution is 2.35. The summed E-state index contributed by atoms with van der Waals surface area (Å²) in [5.74, 6) is 0.596. The summed E-state index contributed by atoms with van der Waals surface area (Å²) in [5.41, 5.74) is 7.72. The molecule has 0 radical (unpaired) electrons. The van der Waals surface area contributed by atoms with E-state index >= 15 is 0 Å². The lowest BCUT2D eigenvalue weighted by Crippen LogP contribution is -2.19. The molecular weight excluding hydrogens is 374 g/mol. The number of para-hydroxylation sites is 1. The largest absolute Gasteiger partial charge is 0.355 e. The van der Waals surface area contributed by atoms with Gasteiger partial charge in [-0.3, -0.25) is 4.79 Å². The number of anilines is 5. The molecule has 152 valence electrons. The molecule has 3 aromatic rings. The van der Waals surface area contributed by atoms with E-state index < -0.39 is 0 Å². The number of nitrogens with one attached hydrogen (secondary N) is 3. The van der Waals surface area contributed by atoms with E-state index in [1.807, 2.05) is 50.5 Å². The fourth-order valence-electron chi connectivity index (χ4n) is 3.59. The van der Waals surface area contributed by atoms with Gasteiger partial charge in [0.25, 0.3) is 5.91 Å². The summed E-state index contributed by atoms with van der Waals surface area (Å²) in [7, 11) is 3.67. The number of aryl methyl sites for hydroxylation is 1. The maximum Gasteiger partial charge on any atom is 0.253 e. The molecule has 0 bridgehead atoms. The highest BCUT2D eigenvalue weighted by atomic mass is 16.1. The number of hydrogen-bond donors (Lipinski definition) is 3. The molecule has 30 heavy (non-hydrogen) atoms. The maximum absolute atomic E-state index is 12.2. The topological polar surface area (TPSA) is 69.3 Å². The number of amides is 1. The molecule has 1 aliphatic heterocycles. The molecule has 2 heterocycles. The number of aromatic nitrogens is 1. The molecular formula is C24H25N5O. The first kappa shape index (κ1) is 19.5. The van der Waals surface area contributed by atoms with Crippen LogP contribution in [0.3, 0.4) is 0 Å². The summed E-state index contributed by atoms with van der Waals surface area (Å²) in [4.78, 5) is 18.8. The van der Waals surface area contributed by atoms with E-state index in [-0.39, 0.29) is 5.91 Å². The number of benzene rings is 2. The number of fused-ring (bicyclic) bond motifs is 1. The number of carbonyl (C=O) groups is 1. The third-order valence-electron chi connectivity index (χ3n) is 5.35. The minimum Gasteiger partial charge on any atom is -0.355 e. The molecule has 0 saturated heterocycles. The first-order chi connectivity index (χ1) is 14.5. The van der Waals surface area contributed by atoms with Gasteiger partial charge in [-0.05, 0) is 48.4 Å². The molecule has 1 aliphatic rings. The average Bonchev–Trinajstić information content (AvgIpc) is 3.03. The highest BCUT2D eigenvalue weighted by molar-refractivity contribution is 6.00. The summed E-state index contributed by atoms with van der Waals surface area (Å²) >= 11 is 0. The van der Waals surface area contributed by atoms with Crippen LogP contribution in [0.25, 0.3) is 0 Å². The normalized spacial score (nSPS) is 12.5. The van der Waals surface area contributed by atoms with Gasteiger partial charge in [0.05, 0.1) is 11.3 Å². The quantitative estimate of drug-likeness (QED) is 0.578. The third-order valence-corrected chi connectivity index (χ3v) is 5.35. The van der Waals surface area contributed by atoms with Gasteiger partial charge in [0, 0.05) is 55.5 Å². The first-order valence-corrected chi connectivity index (χ1v) is 9.82. The van der Waals surface area contributed by atoms with Crippen LogP contribution in [0.2, 0.25) is 0 Å². The minimum absolute atomic E-state index is 0.132. The molecule has 1 amide bonds. The summed E-state index contributed by atoms with van der Waals surface area (Å²) < 4.78 is 0. The average molecular weight is 399 g/mol. The molecule has 3 N–H and O–H groups in total. The Hall–Kier alpha value is -3.80. The van der Waals surface area contributed by atoms with Gasteiger partial charge in [0.15, 0.2) is 0 Å². The van der Waals surface area contributed by atoms with Gasteiger partial charge >= 0.3 is 0 Å². The van der Waals surface area contributed by atoms with Gasteiger partial charge in [-0.1, -0.05) is 18.7 Å². The van der Waals surface area contributed by atoms with Crippen molar-refractivity contribution < 1.29 is 4.79 Å². The van der Waals surface area contributed by atoms with Crippen LogP contribution in [0.15, 0.2) is 67.0 Å². The summed E-state index contributed by atoms with van der Waals surface area (Å²) in [6.45, 7) is 6.09. The van der Waals surface area contributed by atoms with Gasteiger partial charge in [-0.15, -0.1) is 0 Å². The van der Waals surface area contributed by atoms with Crippen molar-refractivity contribution in [1.29, 1.82) is 0 Å². The second-order valence-electron chi connectivity index (χ2n) is 7.40. The monoisotopic (exact) mass is 399 g/mol. The number of nitrogens with zero attached hydrogens (tertiary/aromatic N) is 2. The van der Waals surface area contributed by atoms with Gasteiger partial charge < -0.3 is 20.9 Å². The Bertz CT molecular complexity index is 1140. The molecule has 0 spiro atoms. The van der Waals surface area contributed by atoms with E-state index in [1.54, 1.807) is 13.1 Å². The van der Waals surface area contributed by atoms with Crippen LogP contribution in [0.1, 0.15) is 21.5 Å². The highest BCUT2D eigenvalue weighted by Gasteiger charge is 2.19. The molecule has 2 aromatic carbocycles. The fourth-order valence-corrected chi connectivity index (χ4v) is 3.59. The number of pyridine rings is 1. The zero-order chi connectivity index (χ0) is 21.3. The Morgan fingerprint density at radius 3 is 2.70 bits per heavy atom. The lowest BCUT2D eigenvalue weighted by Gasteiger charge is -2.15. The Kier molecular flexibility index (Phi) is 5.14. The standard InChI is InChI=1S/C24H25N5O/c1-15-14-26-23(27-18-9-10-22-17(12-18)11-16(2)29(22)4)13-21(15)28-20-8-6-5-7-19(20)24(30)25-3/h5-10,12-14H,2,11H2,1,3-4H3,(H,25,30)(H2,26,27,28). The number of rotatable bonds is 5. The Labute approximate surface area is 176 Å². The van der Waals surface area contributed by atoms with Crippen LogP contribution in [-0.2, 0) is 6.42 Å². The second-order valence-corrected chi connectivity index (χ2v) is 7.40. The van der Waals surface area contributed by atoms with Crippen LogP contribution < -0.4 is 20.9 Å². The lowest BCUT2D eigenvalue weighted by molar-refractivity contribution is 0.0964. The predicted molar refractivity (Wildman–Crippen MR) is 123 cm³/mol. The zero-order valence-corrected chi connectivity index (χ0v) is 17.4. The molecule has 0 fully saturated rings. The third kappa shape index (κ3) is 3.72. The lowest BCUT2D eigenvalue weighted by atomic mass is 10.1. The van der Waals surface area contributed by atoms with Crippen molar-refractivity contribution in [2.24, 2.45) is 0 Å². The van der Waals surface area contributed by atoms with E-state index in [9.17, 15) is 4.79 Å². The van der Waals surface area contributed by atoms with Crippen LogP contribution in [0.4, 0.5) is 28.6 Å². The molecule has 6 nitrogen and oxygen atoms in total. The Morgan fingerprint density at radius 1 is 1.10 bits per heavy atom. The van der Waals surface area contributed by atoms with Crippen LogP contribution in [-0.4, -0.2) is 25.0 Å². The fraction of sp³-hybridized carbons (Fsp3) is 0.167. The zero-order valence-electron chi connectivity index (χ0n) is 17.4. The first-order valence-electron chi connectivity index (χ1n) is 9.82. The Morgan fingerprint density at radius 2 is 1.90 bits per heavy atom. The smallest absolute Gasteiger partial charge is 0.253 e. The molecule has 0 saturated carbocycles. The van der Waals surface area contributed by atoms with Crippen molar-refractivity contribution in [3.05, 3.63) is 83.7 Å². The number of hydrogen-bond acceptors (Lipinski definition) is 5. The van der Waals surface area contributed by atoms with Gasteiger partial charge in [-0.25, -0.2) is 4.98 Å². The maximum atomic E-state index is 12.2. The molecule has 6 heteroatoms. The second kappa shape index (κ2) is 7.91. The van der Waals surface area contributed by atoms with Crippen LogP contribution in [0, 0.1) is 6.92 Å².